The van der Waals surface area contributed by atoms with E-state index in [2.05, 4.69) is 5.48 Å². The summed E-state index contributed by atoms with van der Waals surface area (Å²) in [6.45, 7) is 4.52. The van der Waals surface area contributed by atoms with Crippen molar-refractivity contribution in [1.29, 1.82) is 0 Å². The number of carbonyl (C=O) groups is 1. The minimum atomic E-state index is -0.321. The Bertz CT molecular complexity index is 1350. The molecule has 0 spiro atoms. The quantitative estimate of drug-likeness (QED) is 0.111. The molecule has 40 heavy (non-hydrogen) atoms. The van der Waals surface area contributed by atoms with Crippen molar-refractivity contribution in [3.05, 3.63) is 138 Å². The number of hydrogen-bond donors (Lipinski definition) is 1. The van der Waals surface area contributed by atoms with Gasteiger partial charge < -0.3 is 14.2 Å². The van der Waals surface area contributed by atoms with Gasteiger partial charge in [0.2, 0.25) is 0 Å². The fraction of sp³-hybridized carbons (Fsp3) is 0.206. The molecular formula is C34H35NO5. The topological polar surface area (TPSA) is 66.0 Å². The zero-order valence-corrected chi connectivity index (χ0v) is 23.1. The molecule has 0 radical (unpaired) electrons. The fourth-order valence-corrected chi connectivity index (χ4v) is 4.45. The van der Waals surface area contributed by atoms with Gasteiger partial charge in [0, 0.05) is 11.5 Å². The Morgan fingerprint density at radius 2 is 1.40 bits per heavy atom. The number of ether oxygens (including phenoxy) is 3. The first-order valence-electron chi connectivity index (χ1n) is 13.3. The van der Waals surface area contributed by atoms with Crippen LogP contribution in [0.2, 0.25) is 0 Å². The van der Waals surface area contributed by atoms with E-state index in [1.54, 1.807) is 13.4 Å². The largest absolute Gasteiger partial charge is 0.489 e. The Morgan fingerprint density at radius 1 is 0.800 bits per heavy atom. The number of hydroxylamine groups is 1. The minimum absolute atomic E-state index is 0.114. The summed E-state index contributed by atoms with van der Waals surface area (Å²) in [7, 11) is 1.56. The molecule has 0 aliphatic carbocycles. The summed E-state index contributed by atoms with van der Waals surface area (Å²) in [6, 6.07) is 35.5. The van der Waals surface area contributed by atoms with Gasteiger partial charge >= 0.3 is 5.97 Å². The minimum Gasteiger partial charge on any atom is -0.489 e. The molecule has 4 aromatic carbocycles. The molecule has 0 aliphatic rings. The van der Waals surface area contributed by atoms with E-state index in [4.69, 9.17) is 19.0 Å². The van der Waals surface area contributed by atoms with Crippen LogP contribution in [0.15, 0.2) is 115 Å². The van der Waals surface area contributed by atoms with Gasteiger partial charge in [-0.15, -0.1) is 0 Å². The summed E-state index contributed by atoms with van der Waals surface area (Å²) < 4.78 is 17.2. The normalized spacial score (nSPS) is 12.7. The third-order valence-electron chi connectivity index (χ3n) is 6.49. The Morgan fingerprint density at radius 3 is 2.02 bits per heavy atom. The summed E-state index contributed by atoms with van der Waals surface area (Å²) in [5, 5.41) is 0. The summed E-state index contributed by atoms with van der Waals surface area (Å²) >= 11 is 0. The van der Waals surface area contributed by atoms with Crippen molar-refractivity contribution in [3.8, 4) is 11.5 Å². The van der Waals surface area contributed by atoms with Crippen LogP contribution in [-0.2, 0) is 21.0 Å². The number of hydrogen-bond acceptors (Lipinski definition) is 6. The lowest BCUT2D eigenvalue weighted by molar-refractivity contribution is -0.147. The van der Waals surface area contributed by atoms with Crippen LogP contribution < -0.4 is 15.0 Å². The number of carbonyl (C=O) groups excluding carboxylic acids is 1. The van der Waals surface area contributed by atoms with Crippen LogP contribution in [0.1, 0.15) is 42.0 Å². The van der Waals surface area contributed by atoms with Crippen LogP contribution in [0.5, 0.6) is 11.5 Å². The highest BCUT2D eigenvalue weighted by atomic mass is 16.6. The Hall–Kier alpha value is -4.55. The molecule has 0 bridgehead atoms. The van der Waals surface area contributed by atoms with Crippen LogP contribution >= 0.6 is 0 Å². The number of benzene rings is 4. The molecule has 4 rings (SSSR count). The van der Waals surface area contributed by atoms with Crippen molar-refractivity contribution in [2.75, 3.05) is 13.7 Å². The lowest BCUT2D eigenvalue weighted by Gasteiger charge is -2.24. The fourth-order valence-electron chi connectivity index (χ4n) is 4.45. The molecule has 4 aromatic rings. The van der Waals surface area contributed by atoms with Crippen LogP contribution in [0.4, 0.5) is 0 Å². The molecule has 2 unspecified atom stereocenters. The molecule has 0 amide bonds. The van der Waals surface area contributed by atoms with Gasteiger partial charge in [-0.05, 0) is 47.9 Å². The predicted octanol–water partition coefficient (Wildman–Crippen LogP) is 7.13. The molecule has 1 N–H and O–H groups in total. The molecule has 0 heterocycles. The van der Waals surface area contributed by atoms with Gasteiger partial charge in [-0.1, -0.05) is 91.9 Å². The summed E-state index contributed by atoms with van der Waals surface area (Å²) in [6.07, 6.45) is 1.62. The number of rotatable bonds is 13. The van der Waals surface area contributed by atoms with Gasteiger partial charge in [-0.2, -0.15) is 0 Å². The van der Waals surface area contributed by atoms with Crippen LogP contribution in [0.25, 0.3) is 5.70 Å². The second kappa shape index (κ2) is 14.6. The predicted molar refractivity (Wildman–Crippen MR) is 156 cm³/mol. The van der Waals surface area contributed by atoms with E-state index >= 15 is 0 Å². The monoisotopic (exact) mass is 537 g/mol. The first-order chi connectivity index (χ1) is 19.6. The van der Waals surface area contributed by atoms with E-state index in [1.807, 2.05) is 123 Å². The van der Waals surface area contributed by atoms with E-state index < -0.39 is 0 Å². The maximum Gasteiger partial charge on any atom is 0.309 e. The molecule has 6 nitrogen and oxygen atoms in total. The van der Waals surface area contributed by atoms with E-state index in [9.17, 15) is 4.79 Å². The number of esters is 1. The average Bonchev–Trinajstić information content (AvgIpc) is 3.00. The third-order valence-corrected chi connectivity index (χ3v) is 6.49. The van der Waals surface area contributed by atoms with E-state index in [-0.39, 0.29) is 17.8 Å². The highest BCUT2D eigenvalue weighted by Gasteiger charge is 2.28. The molecular weight excluding hydrogens is 502 g/mol. The lowest BCUT2D eigenvalue weighted by atomic mass is 9.81. The van der Waals surface area contributed by atoms with Gasteiger partial charge in [0.1, 0.15) is 30.1 Å². The van der Waals surface area contributed by atoms with E-state index in [0.717, 1.165) is 28.0 Å². The standard InChI is InChI=1S/C34H35NO5/c1-4-38-34(36)25(2)33(28-13-9-6-10-14-28)29-17-21-31(22-18-29)39-23-26-15-19-30(20-16-26)40-24-32(35-37-3)27-11-7-5-8-12-27/h5-22,24-25,33,35H,4,23H2,1-3H3. The van der Waals surface area contributed by atoms with Crippen molar-refractivity contribution >= 4 is 11.7 Å². The third kappa shape index (κ3) is 7.74. The van der Waals surface area contributed by atoms with Crippen molar-refractivity contribution in [2.45, 2.75) is 26.4 Å². The SMILES string of the molecule is CCOC(=O)C(C)C(c1ccccc1)c1ccc(OCc2ccc(OC=C(NOC)c3ccccc3)cc2)cc1. The highest BCUT2D eigenvalue weighted by molar-refractivity contribution is 5.74. The maximum absolute atomic E-state index is 12.6. The van der Waals surface area contributed by atoms with Crippen molar-refractivity contribution in [2.24, 2.45) is 5.92 Å². The van der Waals surface area contributed by atoms with Gasteiger partial charge in [-0.3, -0.25) is 15.1 Å². The van der Waals surface area contributed by atoms with Crippen molar-refractivity contribution < 1.29 is 23.8 Å². The molecule has 0 aromatic heterocycles. The molecule has 0 aliphatic heterocycles. The summed E-state index contributed by atoms with van der Waals surface area (Å²) in [5.74, 6) is 0.810. The van der Waals surface area contributed by atoms with Gasteiger partial charge in [0.15, 0.2) is 0 Å². The first kappa shape index (κ1) is 28.5. The van der Waals surface area contributed by atoms with Crippen molar-refractivity contribution in [1.82, 2.24) is 5.48 Å². The highest BCUT2D eigenvalue weighted by Crippen LogP contribution is 2.34. The molecule has 0 saturated heterocycles. The molecule has 206 valence electrons. The summed E-state index contributed by atoms with van der Waals surface area (Å²) in [4.78, 5) is 17.7. The zero-order valence-electron chi connectivity index (χ0n) is 23.1. The second-order valence-corrected chi connectivity index (χ2v) is 9.25. The van der Waals surface area contributed by atoms with Crippen LogP contribution in [-0.4, -0.2) is 19.7 Å². The van der Waals surface area contributed by atoms with Crippen LogP contribution in [0.3, 0.4) is 0 Å². The van der Waals surface area contributed by atoms with Gasteiger partial charge in [-0.25, -0.2) is 0 Å². The van der Waals surface area contributed by atoms with E-state index in [0.29, 0.717) is 24.7 Å². The second-order valence-electron chi connectivity index (χ2n) is 9.25. The smallest absolute Gasteiger partial charge is 0.309 e. The summed E-state index contributed by atoms with van der Waals surface area (Å²) in [5.41, 5.74) is 7.63. The average molecular weight is 538 g/mol. The first-order valence-corrected chi connectivity index (χ1v) is 13.3. The Kier molecular flexibility index (Phi) is 10.4. The van der Waals surface area contributed by atoms with E-state index in [1.165, 1.54) is 0 Å². The van der Waals surface area contributed by atoms with Crippen LogP contribution in [0, 0.1) is 5.92 Å². The molecule has 6 heteroatoms. The zero-order chi connectivity index (χ0) is 28.2. The lowest BCUT2D eigenvalue weighted by Crippen LogP contribution is -2.23. The number of nitrogens with one attached hydrogen (secondary N) is 1. The molecule has 2 atom stereocenters. The van der Waals surface area contributed by atoms with Gasteiger partial charge in [0.05, 0.1) is 19.6 Å². The maximum atomic E-state index is 12.6. The molecule has 0 fully saturated rings. The van der Waals surface area contributed by atoms with Crippen molar-refractivity contribution in [3.63, 3.8) is 0 Å². The van der Waals surface area contributed by atoms with Gasteiger partial charge in [0.25, 0.3) is 0 Å². The Balaban J connectivity index is 1.38. The molecule has 0 saturated carbocycles. The Labute approximate surface area is 236 Å².